The van der Waals surface area contributed by atoms with Gasteiger partial charge in [0.15, 0.2) is 0 Å². The SMILES string of the molecule is CNC(C)(CCCCN(C)c1ccccc1)C(=O)O. The molecule has 19 heavy (non-hydrogen) atoms. The van der Waals surface area contributed by atoms with Crippen molar-refractivity contribution in [2.75, 3.05) is 25.5 Å². The molecule has 0 radical (unpaired) electrons. The molecule has 4 heteroatoms. The highest BCUT2D eigenvalue weighted by molar-refractivity contribution is 5.78. The fourth-order valence-corrected chi connectivity index (χ4v) is 1.98. The van der Waals surface area contributed by atoms with Crippen LogP contribution in [0.2, 0.25) is 0 Å². The van der Waals surface area contributed by atoms with E-state index in [4.69, 9.17) is 5.11 Å². The molecule has 0 saturated carbocycles. The van der Waals surface area contributed by atoms with Crippen LogP contribution in [0.25, 0.3) is 0 Å². The number of unbranched alkanes of at least 4 members (excludes halogenated alkanes) is 1. The van der Waals surface area contributed by atoms with Gasteiger partial charge in [0, 0.05) is 19.3 Å². The summed E-state index contributed by atoms with van der Waals surface area (Å²) in [5.41, 5.74) is 0.378. The smallest absolute Gasteiger partial charge is 0.323 e. The first-order chi connectivity index (χ1) is 8.99. The summed E-state index contributed by atoms with van der Waals surface area (Å²) in [5.74, 6) is -0.786. The Balaban J connectivity index is 2.33. The van der Waals surface area contributed by atoms with Crippen molar-refractivity contribution in [2.45, 2.75) is 31.7 Å². The fourth-order valence-electron chi connectivity index (χ4n) is 1.98. The summed E-state index contributed by atoms with van der Waals surface area (Å²) in [6.45, 7) is 2.67. The summed E-state index contributed by atoms with van der Waals surface area (Å²) in [4.78, 5) is 13.3. The Morgan fingerprint density at radius 3 is 2.47 bits per heavy atom. The van der Waals surface area contributed by atoms with E-state index in [1.807, 2.05) is 18.2 Å². The molecule has 2 N–H and O–H groups in total. The molecule has 4 nitrogen and oxygen atoms in total. The number of carboxylic acid groups (broad SMARTS) is 1. The van der Waals surface area contributed by atoms with E-state index < -0.39 is 11.5 Å². The zero-order chi connectivity index (χ0) is 14.3. The molecule has 0 aromatic heterocycles. The van der Waals surface area contributed by atoms with Crippen molar-refractivity contribution in [2.24, 2.45) is 0 Å². The lowest BCUT2D eigenvalue weighted by molar-refractivity contribution is -0.144. The van der Waals surface area contributed by atoms with Crippen LogP contribution in [0.4, 0.5) is 5.69 Å². The van der Waals surface area contributed by atoms with Crippen LogP contribution in [-0.4, -0.2) is 37.3 Å². The summed E-state index contributed by atoms with van der Waals surface area (Å²) in [5, 5.41) is 12.0. The Kier molecular flexibility index (Phi) is 5.83. The molecule has 1 aromatic rings. The van der Waals surface area contributed by atoms with E-state index in [0.717, 1.165) is 19.4 Å². The van der Waals surface area contributed by atoms with Crippen molar-refractivity contribution in [3.05, 3.63) is 30.3 Å². The quantitative estimate of drug-likeness (QED) is 0.708. The van der Waals surface area contributed by atoms with Gasteiger partial charge in [0.25, 0.3) is 0 Å². The predicted octanol–water partition coefficient (Wildman–Crippen LogP) is 2.36. The summed E-state index contributed by atoms with van der Waals surface area (Å²) in [6, 6.07) is 10.2. The highest BCUT2D eigenvalue weighted by Gasteiger charge is 2.30. The number of nitrogens with zero attached hydrogens (tertiary/aromatic N) is 1. The number of hydrogen-bond acceptors (Lipinski definition) is 3. The third-order valence-corrected chi connectivity index (χ3v) is 3.64. The third-order valence-electron chi connectivity index (χ3n) is 3.64. The van der Waals surface area contributed by atoms with Crippen molar-refractivity contribution in [1.29, 1.82) is 0 Å². The maximum absolute atomic E-state index is 11.1. The zero-order valence-electron chi connectivity index (χ0n) is 12.0. The molecule has 0 aliphatic rings. The number of aliphatic carboxylic acids is 1. The minimum atomic E-state index is -0.814. The number of benzene rings is 1. The second-order valence-corrected chi connectivity index (χ2v) is 5.10. The molecule has 1 unspecified atom stereocenters. The molecule has 0 spiro atoms. The van der Waals surface area contributed by atoms with Gasteiger partial charge in [-0.05, 0) is 45.4 Å². The molecule has 0 fully saturated rings. The molecular formula is C15H24N2O2. The predicted molar refractivity (Wildman–Crippen MR) is 78.7 cm³/mol. The topological polar surface area (TPSA) is 52.6 Å². The largest absolute Gasteiger partial charge is 0.480 e. The number of para-hydroxylation sites is 1. The molecule has 0 aliphatic carbocycles. The van der Waals surface area contributed by atoms with E-state index >= 15 is 0 Å². The molecular weight excluding hydrogens is 240 g/mol. The van der Waals surface area contributed by atoms with E-state index in [9.17, 15) is 4.79 Å². The average Bonchev–Trinajstić information content (AvgIpc) is 2.43. The monoisotopic (exact) mass is 264 g/mol. The maximum Gasteiger partial charge on any atom is 0.323 e. The molecule has 0 heterocycles. The van der Waals surface area contributed by atoms with Crippen molar-refractivity contribution in [3.63, 3.8) is 0 Å². The van der Waals surface area contributed by atoms with Crippen LogP contribution in [0.1, 0.15) is 26.2 Å². The second kappa shape index (κ2) is 7.14. The molecule has 0 amide bonds. The highest BCUT2D eigenvalue weighted by atomic mass is 16.4. The molecule has 106 valence electrons. The van der Waals surface area contributed by atoms with Crippen LogP contribution in [0.15, 0.2) is 30.3 Å². The van der Waals surface area contributed by atoms with Crippen LogP contribution in [0.3, 0.4) is 0 Å². The van der Waals surface area contributed by atoms with Crippen molar-refractivity contribution >= 4 is 11.7 Å². The van der Waals surface area contributed by atoms with Crippen LogP contribution < -0.4 is 10.2 Å². The number of carbonyl (C=O) groups is 1. The number of likely N-dealkylation sites (N-methyl/N-ethyl adjacent to an activating group) is 1. The molecule has 1 atom stereocenters. The van der Waals surface area contributed by atoms with Gasteiger partial charge in [-0.25, -0.2) is 0 Å². The Labute approximate surface area is 115 Å². The van der Waals surface area contributed by atoms with Gasteiger partial charge in [0.1, 0.15) is 5.54 Å². The van der Waals surface area contributed by atoms with Crippen molar-refractivity contribution < 1.29 is 9.90 Å². The van der Waals surface area contributed by atoms with Gasteiger partial charge >= 0.3 is 5.97 Å². The lowest BCUT2D eigenvalue weighted by Crippen LogP contribution is -2.47. The lowest BCUT2D eigenvalue weighted by Gasteiger charge is -2.25. The van der Waals surface area contributed by atoms with Gasteiger partial charge in [-0.1, -0.05) is 18.2 Å². The standard InChI is InChI=1S/C15H24N2O2/c1-15(16-2,14(18)19)11-7-8-12-17(3)13-9-5-4-6-10-13/h4-6,9-10,16H,7-8,11-12H2,1-3H3,(H,18,19). The van der Waals surface area contributed by atoms with Gasteiger partial charge in [-0.3, -0.25) is 4.79 Å². The number of carboxylic acids is 1. The van der Waals surface area contributed by atoms with E-state index in [2.05, 4.69) is 29.4 Å². The first kappa shape index (κ1) is 15.5. The van der Waals surface area contributed by atoms with Crippen LogP contribution in [0, 0.1) is 0 Å². The van der Waals surface area contributed by atoms with Crippen molar-refractivity contribution in [1.82, 2.24) is 5.32 Å². The second-order valence-electron chi connectivity index (χ2n) is 5.10. The van der Waals surface area contributed by atoms with Gasteiger partial charge in [-0.2, -0.15) is 0 Å². The minimum absolute atomic E-state index is 0.640. The average molecular weight is 264 g/mol. The number of rotatable bonds is 8. The van der Waals surface area contributed by atoms with Gasteiger partial charge in [0.2, 0.25) is 0 Å². The Morgan fingerprint density at radius 1 is 1.32 bits per heavy atom. The van der Waals surface area contributed by atoms with Crippen molar-refractivity contribution in [3.8, 4) is 0 Å². The number of hydrogen-bond donors (Lipinski definition) is 2. The van der Waals surface area contributed by atoms with Crippen LogP contribution in [0.5, 0.6) is 0 Å². The first-order valence-corrected chi connectivity index (χ1v) is 6.68. The summed E-state index contributed by atoms with van der Waals surface area (Å²) < 4.78 is 0. The van der Waals surface area contributed by atoms with E-state index in [0.29, 0.717) is 6.42 Å². The Morgan fingerprint density at radius 2 is 1.95 bits per heavy atom. The Bertz CT molecular complexity index is 394. The Hall–Kier alpha value is -1.55. The molecule has 0 bridgehead atoms. The zero-order valence-corrected chi connectivity index (χ0v) is 12.0. The fraction of sp³-hybridized carbons (Fsp3) is 0.533. The molecule has 1 rings (SSSR count). The lowest BCUT2D eigenvalue weighted by atomic mass is 9.95. The van der Waals surface area contributed by atoms with Crippen LogP contribution in [-0.2, 0) is 4.79 Å². The van der Waals surface area contributed by atoms with Gasteiger partial charge in [-0.15, -0.1) is 0 Å². The normalized spacial score (nSPS) is 13.8. The summed E-state index contributed by atoms with van der Waals surface area (Å²) in [6.07, 6.45) is 2.51. The maximum atomic E-state index is 11.1. The first-order valence-electron chi connectivity index (χ1n) is 6.68. The molecule has 1 aromatic carbocycles. The van der Waals surface area contributed by atoms with E-state index in [1.54, 1.807) is 14.0 Å². The highest BCUT2D eigenvalue weighted by Crippen LogP contribution is 2.16. The number of nitrogens with one attached hydrogen (secondary N) is 1. The summed E-state index contributed by atoms with van der Waals surface area (Å²) >= 11 is 0. The number of anilines is 1. The molecule has 0 saturated heterocycles. The van der Waals surface area contributed by atoms with Gasteiger partial charge in [0.05, 0.1) is 0 Å². The summed E-state index contributed by atoms with van der Waals surface area (Å²) in [7, 11) is 3.76. The van der Waals surface area contributed by atoms with Gasteiger partial charge < -0.3 is 15.3 Å². The van der Waals surface area contributed by atoms with E-state index in [1.165, 1.54) is 5.69 Å². The molecule has 0 aliphatic heterocycles. The van der Waals surface area contributed by atoms with Crippen LogP contribution >= 0.6 is 0 Å². The van der Waals surface area contributed by atoms with E-state index in [-0.39, 0.29) is 0 Å². The third kappa shape index (κ3) is 4.56. The minimum Gasteiger partial charge on any atom is -0.480 e.